The maximum absolute atomic E-state index is 12.3. The van der Waals surface area contributed by atoms with Gasteiger partial charge in [0, 0.05) is 23.9 Å². The molecule has 0 aliphatic carbocycles. The molecule has 0 fully saturated rings. The van der Waals surface area contributed by atoms with E-state index in [1.54, 1.807) is 26.8 Å². The highest BCUT2D eigenvalue weighted by Crippen LogP contribution is 2.20. The summed E-state index contributed by atoms with van der Waals surface area (Å²) in [5.41, 5.74) is 1.01. The van der Waals surface area contributed by atoms with E-state index in [1.807, 2.05) is 0 Å². The zero-order valence-corrected chi connectivity index (χ0v) is 13.0. The van der Waals surface area contributed by atoms with Crippen molar-refractivity contribution in [1.82, 2.24) is 4.57 Å². The molecule has 1 heterocycles. The lowest BCUT2D eigenvalue weighted by atomic mass is 10.1. The van der Waals surface area contributed by atoms with Gasteiger partial charge in [-0.3, -0.25) is 19.5 Å². The largest absolute Gasteiger partial charge is 0.462 e. The molecule has 0 spiro atoms. The Labute approximate surface area is 132 Å². The number of carbonyl (C=O) groups is 1. The molecule has 2 aromatic rings. The van der Waals surface area contributed by atoms with E-state index in [0.29, 0.717) is 16.9 Å². The van der Waals surface area contributed by atoms with Crippen LogP contribution in [0, 0.1) is 24.0 Å². The molecule has 7 heteroatoms. The van der Waals surface area contributed by atoms with Crippen molar-refractivity contribution < 1.29 is 14.5 Å². The first-order chi connectivity index (χ1) is 10.9. The summed E-state index contributed by atoms with van der Waals surface area (Å²) in [6.07, 6.45) is 0. The highest BCUT2D eigenvalue weighted by Gasteiger charge is 2.19. The summed E-state index contributed by atoms with van der Waals surface area (Å²) < 4.78 is 6.29. The first kappa shape index (κ1) is 16.4. The van der Waals surface area contributed by atoms with Gasteiger partial charge in [0.15, 0.2) is 0 Å². The minimum Gasteiger partial charge on any atom is -0.462 e. The van der Waals surface area contributed by atoms with Crippen LogP contribution in [0.5, 0.6) is 0 Å². The number of aryl methyl sites for hydroxylation is 1. The van der Waals surface area contributed by atoms with Gasteiger partial charge in [-0.25, -0.2) is 4.79 Å². The van der Waals surface area contributed by atoms with Gasteiger partial charge in [0.2, 0.25) is 0 Å². The molecule has 0 aliphatic rings. The number of carbonyl (C=O) groups excluding carboxylic acids is 1. The topological polar surface area (TPSA) is 91.4 Å². The Bertz CT molecular complexity index is 839. The van der Waals surface area contributed by atoms with E-state index < -0.39 is 10.9 Å². The van der Waals surface area contributed by atoms with Crippen LogP contribution in [0.15, 0.2) is 35.1 Å². The van der Waals surface area contributed by atoms with Gasteiger partial charge in [0.1, 0.15) is 0 Å². The molecule has 0 saturated heterocycles. The van der Waals surface area contributed by atoms with Crippen molar-refractivity contribution in [3.63, 3.8) is 0 Å². The number of nitrogens with zero attached hydrogens (tertiary/aromatic N) is 2. The Kier molecular flexibility index (Phi) is 4.59. The van der Waals surface area contributed by atoms with Gasteiger partial charge in [-0.15, -0.1) is 0 Å². The smallest absolute Gasteiger partial charge is 0.340 e. The van der Waals surface area contributed by atoms with Gasteiger partial charge in [-0.2, -0.15) is 0 Å². The van der Waals surface area contributed by atoms with Gasteiger partial charge < -0.3 is 4.74 Å². The van der Waals surface area contributed by atoms with Crippen molar-refractivity contribution in [2.45, 2.75) is 20.8 Å². The Hall–Kier alpha value is -2.96. The van der Waals surface area contributed by atoms with Gasteiger partial charge in [0.05, 0.1) is 22.8 Å². The van der Waals surface area contributed by atoms with Crippen LogP contribution in [0.4, 0.5) is 5.69 Å². The van der Waals surface area contributed by atoms with Crippen LogP contribution in [0.2, 0.25) is 0 Å². The molecule has 0 bridgehead atoms. The number of rotatable bonds is 4. The molecule has 0 aliphatic heterocycles. The fraction of sp³-hybridized carbons (Fsp3) is 0.250. The number of benzene rings is 1. The third-order valence-electron chi connectivity index (χ3n) is 3.43. The number of pyridine rings is 1. The first-order valence-corrected chi connectivity index (χ1v) is 7.02. The number of nitro groups is 1. The summed E-state index contributed by atoms with van der Waals surface area (Å²) in [6.45, 7) is 5.17. The maximum atomic E-state index is 12.3. The summed E-state index contributed by atoms with van der Waals surface area (Å²) in [4.78, 5) is 34.8. The Morgan fingerprint density at radius 2 is 2.00 bits per heavy atom. The maximum Gasteiger partial charge on any atom is 0.340 e. The third kappa shape index (κ3) is 3.13. The number of ether oxygens (including phenoxy) is 1. The van der Waals surface area contributed by atoms with Gasteiger partial charge >= 0.3 is 5.97 Å². The Balaban J connectivity index is 2.70. The SMILES string of the molecule is CCOC(=O)c1c(C)cc(=O)n(-c2cccc([N+](=O)[O-])c2)c1C. The van der Waals surface area contributed by atoms with Crippen LogP contribution in [0.25, 0.3) is 5.69 Å². The lowest BCUT2D eigenvalue weighted by Gasteiger charge is -2.15. The highest BCUT2D eigenvalue weighted by atomic mass is 16.6. The van der Waals surface area contributed by atoms with E-state index in [2.05, 4.69) is 0 Å². The predicted octanol–water partition coefficient (Wildman–Crippen LogP) is 2.54. The fourth-order valence-corrected chi connectivity index (χ4v) is 2.46. The third-order valence-corrected chi connectivity index (χ3v) is 3.43. The summed E-state index contributed by atoms with van der Waals surface area (Å²) in [6, 6.07) is 7.01. The van der Waals surface area contributed by atoms with Crippen molar-refractivity contribution in [3.05, 3.63) is 67.6 Å². The summed E-state index contributed by atoms with van der Waals surface area (Å²) in [5, 5.41) is 10.9. The van der Waals surface area contributed by atoms with E-state index in [0.717, 1.165) is 0 Å². The molecule has 0 amide bonds. The molecule has 0 saturated carbocycles. The number of non-ortho nitro benzene ring substituents is 1. The molecular weight excluding hydrogens is 300 g/mol. The predicted molar refractivity (Wildman–Crippen MR) is 84.1 cm³/mol. The molecular formula is C16H16N2O5. The second kappa shape index (κ2) is 6.43. The Morgan fingerprint density at radius 1 is 1.30 bits per heavy atom. The molecule has 7 nitrogen and oxygen atoms in total. The van der Waals surface area contributed by atoms with E-state index in [1.165, 1.54) is 28.8 Å². The molecule has 120 valence electrons. The molecule has 0 unspecified atom stereocenters. The van der Waals surface area contributed by atoms with Crippen LogP contribution in [0.1, 0.15) is 28.5 Å². The summed E-state index contributed by atoms with van der Waals surface area (Å²) >= 11 is 0. The second-order valence-electron chi connectivity index (χ2n) is 4.96. The quantitative estimate of drug-likeness (QED) is 0.491. The van der Waals surface area contributed by atoms with Gasteiger partial charge in [0.25, 0.3) is 11.2 Å². The van der Waals surface area contributed by atoms with Crippen LogP contribution < -0.4 is 5.56 Å². The van der Waals surface area contributed by atoms with Crippen molar-refractivity contribution in [2.24, 2.45) is 0 Å². The number of aromatic nitrogens is 1. The molecule has 0 atom stereocenters. The van der Waals surface area contributed by atoms with Crippen LogP contribution >= 0.6 is 0 Å². The minimum atomic E-state index is -0.537. The van der Waals surface area contributed by atoms with Gasteiger partial charge in [-0.05, 0) is 32.4 Å². The number of nitro benzene ring substituents is 1. The molecule has 0 radical (unpaired) electrons. The van der Waals surface area contributed by atoms with Crippen molar-refractivity contribution in [2.75, 3.05) is 6.61 Å². The van der Waals surface area contributed by atoms with Crippen molar-refractivity contribution in [1.29, 1.82) is 0 Å². The zero-order valence-electron chi connectivity index (χ0n) is 13.0. The van der Waals surface area contributed by atoms with E-state index >= 15 is 0 Å². The van der Waals surface area contributed by atoms with Crippen molar-refractivity contribution >= 4 is 11.7 Å². The van der Waals surface area contributed by atoms with E-state index in [9.17, 15) is 19.7 Å². The lowest BCUT2D eigenvalue weighted by Crippen LogP contribution is -2.24. The van der Waals surface area contributed by atoms with Crippen LogP contribution in [0.3, 0.4) is 0 Å². The normalized spacial score (nSPS) is 10.4. The second-order valence-corrected chi connectivity index (χ2v) is 4.96. The zero-order chi connectivity index (χ0) is 17.1. The molecule has 23 heavy (non-hydrogen) atoms. The molecule has 2 rings (SSSR count). The fourth-order valence-electron chi connectivity index (χ4n) is 2.46. The minimum absolute atomic E-state index is 0.132. The van der Waals surface area contributed by atoms with Crippen LogP contribution in [-0.2, 0) is 4.74 Å². The Morgan fingerprint density at radius 3 is 2.61 bits per heavy atom. The van der Waals surface area contributed by atoms with E-state index in [4.69, 9.17) is 4.74 Å². The van der Waals surface area contributed by atoms with Crippen molar-refractivity contribution in [3.8, 4) is 5.69 Å². The average molecular weight is 316 g/mol. The molecule has 1 aromatic heterocycles. The standard InChI is InChI=1S/C16H16N2O5/c1-4-23-16(20)15-10(2)8-14(19)17(11(15)3)12-6-5-7-13(9-12)18(21)22/h5-9H,4H2,1-3H3. The molecule has 1 aromatic carbocycles. The average Bonchev–Trinajstić information content (AvgIpc) is 2.47. The van der Waals surface area contributed by atoms with E-state index in [-0.39, 0.29) is 23.4 Å². The lowest BCUT2D eigenvalue weighted by molar-refractivity contribution is -0.384. The summed E-state index contributed by atoms with van der Waals surface area (Å²) in [7, 11) is 0. The molecule has 0 N–H and O–H groups in total. The number of hydrogen-bond acceptors (Lipinski definition) is 5. The number of hydrogen-bond donors (Lipinski definition) is 0. The highest BCUT2D eigenvalue weighted by molar-refractivity contribution is 5.92. The monoisotopic (exact) mass is 316 g/mol. The van der Waals surface area contributed by atoms with Crippen LogP contribution in [-0.4, -0.2) is 22.1 Å². The number of esters is 1. The van der Waals surface area contributed by atoms with Gasteiger partial charge in [-0.1, -0.05) is 6.07 Å². The first-order valence-electron chi connectivity index (χ1n) is 7.02. The summed E-state index contributed by atoms with van der Waals surface area (Å²) in [5.74, 6) is -0.526.